The number of rotatable bonds is 4. The van der Waals surface area contributed by atoms with Crippen molar-refractivity contribution >= 4 is 24.2 Å². The lowest BCUT2D eigenvalue weighted by atomic mass is 10.1. The van der Waals surface area contributed by atoms with Crippen molar-refractivity contribution in [3.8, 4) is 0 Å². The van der Waals surface area contributed by atoms with E-state index in [2.05, 4.69) is 22.7 Å². The fraction of sp³-hybridized carbons (Fsp3) is 0.385. The van der Waals surface area contributed by atoms with Crippen molar-refractivity contribution in [2.45, 2.75) is 18.4 Å². The molecule has 0 aliphatic carbocycles. The molecule has 0 spiro atoms. The highest BCUT2D eigenvalue weighted by atomic mass is 35.5. The third-order valence-corrected chi connectivity index (χ3v) is 3.84. The Morgan fingerprint density at radius 2 is 2.20 bits per heavy atom. The second kappa shape index (κ2) is 5.73. The summed E-state index contributed by atoms with van der Waals surface area (Å²) in [5.74, 6) is -0.265. The van der Waals surface area contributed by atoms with Gasteiger partial charge in [0.2, 0.25) is 5.79 Å². The SMILES string of the molecule is SC[C@@H]1CO[C@](Cn2cncn2)(c2ccc(Cl)cc2)O1. The van der Waals surface area contributed by atoms with Gasteiger partial charge in [-0.15, -0.1) is 0 Å². The van der Waals surface area contributed by atoms with Gasteiger partial charge < -0.3 is 9.47 Å². The maximum Gasteiger partial charge on any atom is 0.215 e. The first-order valence-corrected chi connectivity index (χ1v) is 7.24. The van der Waals surface area contributed by atoms with Crippen LogP contribution in [0.2, 0.25) is 5.02 Å². The van der Waals surface area contributed by atoms with Gasteiger partial charge in [-0.05, 0) is 12.1 Å². The monoisotopic (exact) mass is 311 g/mol. The highest BCUT2D eigenvalue weighted by molar-refractivity contribution is 7.80. The zero-order chi connectivity index (χ0) is 14.0. The minimum atomic E-state index is -0.869. The maximum atomic E-state index is 6.07. The molecule has 5 nitrogen and oxygen atoms in total. The van der Waals surface area contributed by atoms with Gasteiger partial charge in [0, 0.05) is 16.3 Å². The summed E-state index contributed by atoms with van der Waals surface area (Å²) in [6, 6.07) is 7.45. The summed E-state index contributed by atoms with van der Waals surface area (Å²) in [6.07, 6.45) is 3.08. The highest BCUT2D eigenvalue weighted by Crippen LogP contribution is 2.36. The molecular weight excluding hydrogens is 298 g/mol. The molecule has 0 N–H and O–H groups in total. The van der Waals surface area contributed by atoms with Crippen LogP contribution in [0.3, 0.4) is 0 Å². The van der Waals surface area contributed by atoms with Crippen molar-refractivity contribution in [3.05, 3.63) is 47.5 Å². The molecule has 1 aromatic carbocycles. The third-order valence-electron chi connectivity index (χ3n) is 3.18. The molecule has 1 aromatic heterocycles. The van der Waals surface area contributed by atoms with Gasteiger partial charge in [-0.25, -0.2) is 9.67 Å². The van der Waals surface area contributed by atoms with Crippen LogP contribution in [0.25, 0.3) is 0 Å². The molecule has 1 saturated heterocycles. The molecule has 1 aliphatic heterocycles. The molecule has 0 radical (unpaired) electrons. The van der Waals surface area contributed by atoms with E-state index in [9.17, 15) is 0 Å². The molecular formula is C13H14ClN3O2S. The molecule has 0 unspecified atom stereocenters. The summed E-state index contributed by atoms with van der Waals surface area (Å²) in [6.45, 7) is 0.930. The Kier molecular flexibility index (Phi) is 3.98. The Labute approximate surface area is 127 Å². The third kappa shape index (κ3) is 2.69. The van der Waals surface area contributed by atoms with E-state index in [1.165, 1.54) is 6.33 Å². The Balaban J connectivity index is 1.93. The lowest BCUT2D eigenvalue weighted by molar-refractivity contribution is -0.186. The van der Waals surface area contributed by atoms with Crippen molar-refractivity contribution < 1.29 is 9.47 Å². The van der Waals surface area contributed by atoms with Crippen LogP contribution in [0.15, 0.2) is 36.9 Å². The lowest BCUT2D eigenvalue weighted by Gasteiger charge is -2.28. The quantitative estimate of drug-likeness (QED) is 0.879. The average Bonchev–Trinajstić information content (AvgIpc) is 3.10. The van der Waals surface area contributed by atoms with Crippen LogP contribution in [-0.4, -0.2) is 33.2 Å². The van der Waals surface area contributed by atoms with Gasteiger partial charge in [-0.3, -0.25) is 0 Å². The van der Waals surface area contributed by atoms with Gasteiger partial charge >= 0.3 is 0 Å². The van der Waals surface area contributed by atoms with Crippen molar-refractivity contribution in [2.24, 2.45) is 0 Å². The van der Waals surface area contributed by atoms with E-state index in [4.69, 9.17) is 21.1 Å². The van der Waals surface area contributed by atoms with Crippen LogP contribution in [0.5, 0.6) is 0 Å². The van der Waals surface area contributed by atoms with Gasteiger partial charge in [0.05, 0.1) is 12.7 Å². The van der Waals surface area contributed by atoms with Crippen LogP contribution < -0.4 is 0 Å². The number of hydrogen-bond donors (Lipinski definition) is 1. The molecule has 0 amide bonds. The van der Waals surface area contributed by atoms with Gasteiger partial charge in [0.25, 0.3) is 0 Å². The topological polar surface area (TPSA) is 49.2 Å². The first-order chi connectivity index (χ1) is 9.72. The van der Waals surface area contributed by atoms with E-state index in [1.807, 2.05) is 24.3 Å². The fourth-order valence-corrected chi connectivity index (χ4v) is 2.52. The molecule has 2 atom stereocenters. The van der Waals surface area contributed by atoms with E-state index < -0.39 is 5.79 Å². The van der Waals surface area contributed by atoms with Gasteiger partial charge in [-0.1, -0.05) is 23.7 Å². The molecule has 20 heavy (non-hydrogen) atoms. The second-order valence-electron chi connectivity index (χ2n) is 4.59. The molecule has 0 saturated carbocycles. The second-order valence-corrected chi connectivity index (χ2v) is 5.39. The van der Waals surface area contributed by atoms with Crippen molar-refractivity contribution in [1.82, 2.24) is 14.8 Å². The van der Waals surface area contributed by atoms with Gasteiger partial charge in [0.1, 0.15) is 19.2 Å². The Morgan fingerprint density at radius 3 is 2.80 bits per heavy atom. The number of halogens is 1. The summed E-state index contributed by atoms with van der Waals surface area (Å²) in [7, 11) is 0. The van der Waals surface area contributed by atoms with E-state index in [1.54, 1.807) is 11.0 Å². The smallest absolute Gasteiger partial charge is 0.215 e. The summed E-state index contributed by atoms with van der Waals surface area (Å²) in [5.41, 5.74) is 0.904. The predicted octanol–water partition coefficient (Wildman–Crippen LogP) is 2.13. The standard InChI is InChI=1S/C13H14ClN3O2S/c14-11-3-1-10(2-4-11)13(7-17-9-15-8-16-17)18-5-12(6-20)19-13/h1-4,8-9,12,20H,5-7H2/t12-,13-/m0/s1. The Morgan fingerprint density at radius 1 is 1.40 bits per heavy atom. The van der Waals surface area contributed by atoms with E-state index in [-0.39, 0.29) is 6.10 Å². The minimum Gasteiger partial charge on any atom is -0.342 e. The van der Waals surface area contributed by atoms with Crippen LogP contribution in [0.1, 0.15) is 5.56 Å². The number of nitrogens with zero attached hydrogens (tertiary/aromatic N) is 3. The minimum absolute atomic E-state index is 0.0440. The largest absolute Gasteiger partial charge is 0.342 e. The summed E-state index contributed by atoms with van der Waals surface area (Å²) >= 11 is 10.2. The zero-order valence-corrected chi connectivity index (χ0v) is 12.3. The molecule has 106 valence electrons. The first kappa shape index (κ1) is 13.9. The summed E-state index contributed by atoms with van der Waals surface area (Å²) < 4.78 is 13.7. The summed E-state index contributed by atoms with van der Waals surface area (Å²) in [5, 5.41) is 4.79. The maximum absolute atomic E-state index is 6.07. The molecule has 3 rings (SSSR count). The average molecular weight is 312 g/mol. The number of ether oxygens (including phenoxy) is 2. The van der Waals surface area contributed by atoms with Crippen LogP contribution >= 0.6 is 24.2 Å². The van der Waals surface area contributed by atoms with E-state index in [0.29, 0.717) is 23.9 Å². The fourth-order valence-electron chi connectivity index (χ4n) is 2.21. The van der Waals surface area contributed by atoms with Crippen LogP contribution in [0, 0.1) is 0 Å². The molecule has 7 heteroatoms. The lowest BCUT2D eigenvalue weighted by Crippen LogP contribution is -2.34. The van der Waals surface area contributed by atoms with Gasteiger partial charge in [0.15, 0.2) is 0 Å². The normalized spacial score (nSPS) is 26.0. The van der Waals surface area contributed by atoms with Crippen molar-refractivity contribution in [1.29, 1.82) is 0 Å². The van der Waals surface area contributed by atoms with Gasteiger partial charge in [-0.2, -0.15) is 17.7 Å². The highest BCUT2D eigenvalue weighted by Gasteiger charge is 2.43. The zero-order valence-electron chi connectivity index (χ0n) is 10.6. The number of thiol groups is 1. The molecule has 1 aliphatic rings. The van der Waals surface area contributed by atoms with Crippen molar-refractivity contribution in [3.63, 3.8) is 0 Å². The number of benzene rings is 1. The Bertz CT molecular complexity index is 564. The Hall–Kier alpha value is -1.08. The number of hydrogen-bond acceptors (Lipinski definition) is 5. The van der Waals surface area contributed by atoms with E-state index in [0.717, 1.165) is 5.56 Å². The molecule has 1 fully saturated rings. The van der Waals surface area contributed by atoms with Crippen LogP contribution in [0.4, 0.5) is 0 Å². The van der Waals surface area contributed by atoms with Crippen LogP contribution in [-0.2, 0) is 21.8 Å². The molecule has 2 heterocycles. The van der Waals surface area contributed by atoms with E-state index >= 15 is 0 Å². The summed E-state index contributed by atoms with van der Waals surface area (Å²) in [4.78, 5) is 3.95. The predicted molar refractivity (Wildman–Crippen MR) is 77.8 cm³/mol. The van der Waals surface area contributed by atoms with Crippen molar-refractivity contribution in [2.75, 3.05) is 12.4 Å². The molecule has 0 bridgehead atoms. The molecule has 2 aromatic rings. The first-order valence-electron chi connectivity index (χ1n) is 6.23. The number of aromatic nitrogens is 3.